The van der Waals surface area contributed by atoms with Gasteiger partial charge >= 0.3 is 5.97 Å². The first-order valence-corrected chi connectivity index (χ1v) is 10.7. The van der Waals surface area contributed by atoms with Gasteiger partial charge in [0.15, 0.2) is 0 Å². The molecule has 1 amide bonds. The summed E-state index contributed by atoms with van der Waals surface area (Å²) < 4.78 is 26.9. The highest BCUT2D eigenvalue weighted by Gasteiger charge is 2.38. The largest absolute Gasteiger partial charge is 0.465 e. The van der Waals surface area contributed by atoms with Gasteiger partial charge in [0.25, 0.3) is 5.91 Å². The number of nitrogens with zero attached hydrogens (tertiary/aromatic N) is 2. The van der Waals surface area contributed by atoms with Crippen LogP contribution in [0.5, 0.6) is 0 Å². The second-order valence-corrected chi connectivity index (χ2v) is 8.17. The summed E-state index contributed by atoms with van der Waals surface area (Å²) in [7, 11) is 1.30. The first-order chi connectivity index (χ1) is 15.3. The summed E-state index contributed by atoms with van der Waals surface area (Å²) in [5, 5.41) is 0. The fraction of sp³-hybridized carbons (Fsp3) is 0.360. The van der Waals surface area contributed by atoms with Crippen molar-refractivity contribution in [2.75, 3.05) is 20.3 Å². The maximum absolute atomic E-state index is 14.4. The molecule has 0 spiro atoms. The van der Waals surface area contributed by atoms with Crippen molar-refractivity contribution in [3.63, 3.8) is 0 Å². The lowest BCUT2D eigenvalue weighted by molar-refractivity contribution is -0.136. The molecule has 2 aliphatic heterocycles. The molecule has 1 aromatic carbocycles. The van der Waals surface area contributed by atoms with Crippen LogP contribution in [0.4, 0.5) is 4.39 Å². The summed E-state index contributed by atoms with van der Waals surface area (Å²) in [4.78, 5) is 27.5. The van der Waals surface area contributed by atoms with E-state index in [1.54, 1.807) is 40.7 Å². The SMILES string of the molecule is COC(=O)C1=C(C)N(C[C@H]2CCCO2)C(=O)/C1=C/c1cc(C)n(-c2ccccc2F)c1C. The van der Waals surface area contributed by atoms with Gasteiger partial charge in [-0.2, -0.15) is 0 Å². The van der Waals surface area contributed by atoms with Gasteiger partial charge in [-0.15, -0.1) is 0 Å². The van der Waals surface area contributed by atoms with Crippen LogP contribution in [0.1, 0.15) is 36.7 Å². The molecule has 1 saturated heterocycles. The summed E-state index contributed by atoms with van der Waals surface area (Å²) in [5.41, 5.74) is 3.86. The van der Waals surface area contributed by atoms with E-state index in [4.69, 9.17) is 9.47 Å². The van der Waals surface area contributed by atoms with E-state index in [1.807, 2.05) is 19.9 Å². The molecular weight excluding hydrogens is 411 g/mol. The Morgan fingerprint density at radius 2 is 2.03 bits per heavy atom. The number of amides is 1. The van der Waals surface area contributed by atoms with Gasteiger partial charge in [0.2, 0.25) is 0 Å². The second-order valence-electron chi connectivity index (χ2n) is 8.17. The number of ether oxygens (including phenoxy) is 2. The fourth-order valence-corrected chi connectivity index (χ4v) is 4.53. The number of halogens is 1. The Labute approximate surface area is 186 Å². The number of methoxy groups -OCH3 is 1. The Kier molecular flexibility index (Phi) is 6.02. The lowest BCUT2D eigenvalue weighted by Crippen LogP contribution is -2.33. The highest BCUT2D eigenvalue weighted by molar-refractivity contribution is 6.16. The van der Waals surface area contributed by atoms with Crippen molar-refractivity contribution in [3.8, 4) is 5.69 Å². The van der Waals surface area contributed by atoms with Crippen LogP contribution in [-0.2, 0) is 19.1 Å². The molecule has 0 bridgehead atoms. The van der Waals surface area contributed by atoms with Gasteiger partial charge < -0.3 is 18.9 Å². The first-order valence-electron chi connectivity index (χ1n) is 10.7. The third-order valence-electron chi connectivity index (χ3n) is 6.17. The van der Waals surface area contributed by atoms with Crippen LogP contribution in [0.25, 0.3) is 11.8 Å². The maximum atomic E-state index is 14.4. The van der Waals surface area contributed by atoms with Crippen molar-refractivity contribution in [1.29, 1.82) is 0 Å². The zero-order chi connectivity index (χ0) is 23.0. The third kappa shape index (κ3) is 3.77. The van der Waals surface area contributed by atoms with Crippen LogP contribution >= 0.6 is 0 Å². The van der Waals surface area contributed by atoms with E-state index in [9.17, 15) is 14.0 Å². The van der Waals surface area contributed by atoms with E-state index in [1.165, 1.54) is 13.2 Å². The molecule has 4 rings (SSSR count). The van der Waals surface area contributed by atoms with Crippen LogP contribution in [-0.4, -0.2) is 47.7 Å². The molecule has 3 heterocycles. The van der Waals surface area contributed by atoms with E-state index in [0.717, 1.165) is 29.8 Å². The molecule has 1 fully saturated rings. The van der Waals surface area contributed by atoms with E-state index < -0.39 is 5.97 Å². The monoisotopic (exact) mass is 438 g/mol. The minimum atomic E-state index is -0.556. The minimum absolute atomic E-state index is 0.0433. The first kappa shape index (κ1) is 22.0. The summed E-state index contributed by atoms with van der Waals surface area (Å²) in [6, 6.07) is 8.43. The molecule has 0 radical (unpaired) electrons. The van der Waals surface area contributed by atoms with Gasteiger partial charge in [-0.25, -0.2) is 9.18 Å². The number of benzene rings is 1. The van der Waals surface area contributed by atoms with Crippen LogP contribution in [0, 0.1) is 19.7 Å². The van der Waals surface area contributed by atoms with Crippen molar-refractivity contribution in [2.24, 2.45) is 0 Å². The van der Waals surface area contributed by atoms with Crippen LogP contribution < -0.4 is 0 Å². The quantitative estimate of drug-likeness (QED) is 0.521. The van der Waals surface area contributed by atoms with Gasteiger partial charge in [-0.1, -0.05) is 12.1 Å². The molecule has 168 valence electrons. The van der Waals surface area contributed by atoms with Crippen molar-refractivity contribution in [2.45, 2.75) is 39.7 Å². The number of hydrogen-bond donors (Lipinski definition) is 0. The molecule has 1 aromatic heterocycles. The Morgan fingerprint density at radius 1 is 1.28 bits per heavy atom. The molecule has 1 atom stereocenters. The molecule has 32 heavy (non-hydrogen) atoms. The Hall–Kier alpha value is -3.19. The van der Waals surface area contributed by atoms with Gasteiger partial charge in [-0.3, -0.25) is 4.79 Å². The van der Waals surface area contributed by atoms with Gasteiger partial charge in [0.05, 0.1) is 36.6 Å². The summed E-state index contributed by atoms with van der Waals surface area (Å²) in [6.45, 7) is 6.58. The molecule has 0 saturated carbocycles. The number of carbonyl (C=O) groups is 2. The molecule has 0 unspecified atom stereocenters. The Morgan fingerprint density at radius 3 is 2.69 bits per heavy atom. The number of carbonyl (C=O) groups excluding carboxylic acids is 2. The van der Waals surface area contributed by atoms with E-state index in [0.29, 0.717) is 24.5 Å². The average Bonchev–Trinajstić information content (AvgIpc) is 3.44. The predicted octanol–water partition coefficient (Wildman–Crippen LogP) is 4.08. The lowest BCUT2D eigenvalue weighted by Gasteiger charge is -2.21. The number of para-hydroxylation sites is 1. The van der Waals surface area contributed by atoms with E-state index >= 15 is 0 Å². The number of aryl methyl sites for hydroxylation is 1. The van der Waals surface area contributed by atoms with Crippen molar-refractivity contribution in [3.05, 3.63) is 69.9 Å². The van der Waals surface area contributed by atoms with E-state index in [2.05, 4.69) is 0 Å². The van der Waals surface area contributed by atoms with Crippen molar-refractivity contribution in [1.82, 2.24) is 9.47 Å². The number of esters is 1. The molecular formula is C25H27FN2O4. The van der Waals surface area contributed by atoms with Gasteiger partial charge in [-0.05, 0) is 63.5 Å². The number of rotatable bonds is 5. The Balaban J connectivity index is 1.77. The summed E-state index contributed by atoms with van der Waals surface area (Å²) >= 11 is 0. The summed E-state index contributed by atoms with van der Waals surface area (Å²) in [5.74, 6) is -1.15. The molecule has 0 N–H and O–H groups in total. The van der Waals surface area contributed by atoms with Crippen molar-refractivity contribution < 1.29 is 23.5 Å². The highest BCUT2D eigenvalue weighted by atomic mass is 19.1. The van der Waals surface area contributed by atoms with E-state index in [-0.39, 0.29) is 29.0 Å². The smallest absolute Gasteiger partial charge is 0.340 e. The molecule has 7 heteroatoms. The lowest BCUT2D eigenvalue weighted by atomic mass is 10.0. The fourth-order valence-electron chi connectivity index (χ4n) is 4.53. The zero-order valence-corrected chi connectivity index (χ0v) is 18.8. The number of hydrogen-bond acceptors (Lipinski definition) is 4. The van der Waals surface area contributed by atoms with Crippen molar-refractivity contribution >= 4 is 18.0 Å². The molecule has 2 aliphatic rings. The number of aromatic nitrogens is 1. The average molecular weight is 438 g/mol. The maximum Gasteiger partial charge on any atom is 0.340 e. The van der Waals surface area contributed by atoms with Gasteiger partial charge in [0, 0.05) is 23.7 Å². The number of allylic oxidation sites excluding steroid dienone is 1. The Bertz CT molecular complexity index is 1140. The normalized spacial score (nSPS) is 20.0. The topological polar surface area (TPSA) is 60.8 Å². The van der Waals surface area contributed by atoms with Crippen LogP contribution in [0.3, 0.4) is 0 Å². The molecule has 2 aromatic rings. The van der Waals surface area contributed by atoms with Crippen LogP contribution in [0.2, 0.25) is 0 Å². The second kappa shape index (κ2) is 8.74. The highest BCUT2D eigenvalue weighted by Crippen LogP contribution is 2.34. The predicted molar refractivity (Wildman–Crippen MR) is 119 cm³/mol. The standard InChI is InChI=1S/C25H27FN2O4/c1-15-12-18(16(2)28(15)22-10-6-5-9-21(22)26)13-20-23(25(30)31-4)17(3)27(24(20)29)14-19-8-7-11-32-19/h5-6,9-10,12-13,19H,7-8,11,14H2,1-4H3/b20-13+/t19-/m1/s1. The molecule has 6 nitrogen and oxygen atoms in total. The van der Waals surface area contributed by atoms with Gasteiger partial charge in [0.1, 0.15) is 5.82 Å². The zero-order valence-electron chi connectivity index (χ0n) is 18.8. The minimum Gasteiger partial charge on any atom is -0.465 e. The van der Waals surface area contributed by atoms with Crippen LogP contribution in [0.15, 0.2) is 47.2 Å². The summed E-state index contributed by atoms with van der Waals surface area (Å²) in [6.07, 6.45) is 3.50. The molecule has 0 aliphatic carbocycles. The third-order valence-corrected chi connectivity index (χ3v) is 6.17.